The Bertz CT molecular complexity index is 5020. The van der Waals surface area contributed by atoms with Crippen LogP contribution in [0.4, 0.5) is 33.6 Å². The third-order valence-electron chi connectivity index (χ3n) is 13.5. The minimum absolute atomic E-state index is 0.00384. The SMILES string of the molecule is CC(C)(C)OC(=O)Cc1ncc(C(=O)O)c(=O)n1-c1ccc(F)cc1.CC(C)Sc1ncc(C(=O)O)c(=O)n1-c1ccc(F)cc1.CN(C)c1ncc(C(=O)O)c(=O)n1-c1ccc(F)cc1.Cc1nc(C)n(-c2ccc(F)cc2)c(=O)c1C(=O)O.O=C(O)C1=CCC(=O)N(c2ccc(F)cc2)C1=O. The lowest BCUT2D eigenvalue weighted by Crippen LogP contribution is -2.42. The van der Waals surface area contributed by atoms with Crippen molar-refractivity contribution in [3.63, 3.8) is 0 Å². The molecule has 0 saturated carbocycles. The highest BCUT2D eigenvalue weighted by Crippen LogP contribution is 2.25. The molecule has 0 fully saturated rings. The van der Waals surface area contributed by atoms with Gasteiger partial charge in [-0.1, -0.05) is 31.7 Å². The van der Waals surface area contributed by atoms with Gasteiger partial charge in [-0.15, -0.1) is 0 Å². The van der Waals surface area contributed by atoms with Gasteiger partial charge in [0.05, 0.1) is 46.5 Å². The second kappa shape index (κ2) is 34.3. The molecule has 9 aromatic rings. The van der Waals surface area contributed by atoms with Gasteiger partial charge in [0.2, 0.25) is 11.9 Å². The maximum atomic E-state index is 13.1. The Labute approximate surface area is 583 Å². The van der Waals surface area contributed by atoms with Crippen molar-refractivity contribution in [3.05, 3.63) is 262 Å². The Kier molecular flexibility index (Phi) is 26.3. The molecule has 1 aliphatic rings. The van der Waals surface area contributed by atoms with Gasteiger partial charge in [-0.05, 0) is 156 Å². The van der Waals surface area contributed by atoms with Gasteiger partial charge in [-0.25, -0.2) is 75.3 Å². The summed E-state index contributed by atoms with van der Waals surface area (Å²) in [7, 11) is 3.34. The van der Waals surface area contributed by atoms with Gasteiger partial charge < -0.3 is 35.2 Å². The number of hydrogen-bond donors (Lipinski definition) is 5. The van der Waals surface area contributed by atoms with Crippen molar-refractivity contribution in [1.29, 1.82) is 0 Å². The number of ether oxygens (including phenoxy) is 1. The molecule has 5 aromatic carbocycles. The lowest BCUT2D eigenvalue weighted by molar-refractivity contribution is -0.154. The molecule has 0 unspecified atom stereocenters. The number of aromatic carboxylic acids is 4. The molecule has 0 spiro atoms. The summed E-state index contributed by atoms with van der Waals surface area (Å²) in [6, 6.07) is 25.1. The number of carbonyl (C=O) groups is 8. The minimum Gasteiger partial charge on any atom is -0.478 e. The number of halogens is 5. The lowest BCUT2D eigenvalue weighted by Gasteiger charge is -2.23. The van der Waals surface area contributed by atoms with Crippen molar-refractivity contribution < 1.29 is 90.6 Å². The molecule has 28 nitrogen and oxygen atoms in total. The summed E-state index contributed by atoms with van der Waals surface area (Å²) in [6.45, 7) is 12.0. The summed E-state index contributed by atoms with van der Waals surface area (Å²) >= 11 is 1.32. The first-order chi connectivity index (χ1) is 48.3. The van der Waals surface area contributed by atoms with Crippen molar-refractivity contribution in [1.82, 2.24) is 38.2 Å². The first kappa shape index (κ1) is 79.1. The van der Waals surface area contributed by atoms with Crippen LogP contribution in [0.2, 0.25) is 0 Å². The number of aromatic nitrogens is 8. The van der Waals surface area contributed by atoms with Crippen LogP contribution in [-0.2, 0) is 30.3 Å². The van der Waals surface area contributed by atoms with E-state index in [4.69, 9.17) is 30.3 Å². The second-order valence-electron chi connectivity index (χ2n) is 22.8. The van der Waals surface area contributed by atoms with Crippen molar-refractivity contribution in [3.8, 4) is 22.7 Å². The number of carboxylic acid groups (broad SMARTS) is 5. The van der Waals surface area contributed by atoms with E-state index in [0.717, 1.165) is 67.5 Å². The van der Waals surface area contributed by atoms with Gasteiger partial charge in [-0.2, -0.15) is 0 Å². The van der Waals surface area contributed by atoms with Gasteiger partial charge in [0.1, 0.15) is 80.6 Å². The number of anilines is 2. The molecule has 5 N–H and O–H groups in total. The van der Waals surface area contributed by atoms with E-state index in [1.807, 2.05) is 13.8 Å². The lowest BCUT2D eigenvalue weighted by atomic mass is 10.1. The van der Waals surface area contributed by atoms with Crippen LogP contribution in [-0.4, -0.2) is 136 Å². The summed E-state index contributed by atoms with van der Waals surface area (Å²) in [6.07, 6.45) is 3.52. The number of aliphatic carboxylic acids is 1. The molecular formula is C69H61F5N10O18S. The van der Waals surface area contributed by atoms with E-state index in [0.29, 0.717) is 28.0 Å². The number of nitrogens with zero attached hydrogens (tertiary/aromatic N) is 10. The van der Waals surface area contributed by atoms with E-state index in [1.165, 1.54) is 120 Å². The fourth-order valence-electron chi connectivity index (χ4n) is 9.09. The second-order valence-corrected chi connectivity index (χ2v) is 24.3. The minimum atomic E-state index is -1.45. The van der Waals surface area contributed by atoms with Gasteiger partial charge in [0.25, 0.3) is 28.1 Å². The number of amides is 2. The Morgan fingerprint density at radius 1 is 0.515 bits per heavy atom. The van der Waals surface area contributed by atoms with Crippen LogP contribution in [0.3, 0.4) is 0 Å². The molecule has 536 valence electrons. The zero-order valence-corrected chi connectivity index (χ0v) is 56.5. The van der Waals surface area contributed by atoms with Gasteiger partial charge in [-0.3, -0.25) is 47.3 Å². The highest BCUT2D eigenvalue weighted by Gasteiger charge is 2.33. The fraction of sp³-hybridized carbons (Fsp3) is 0.188. The zero-order chi connectivity index (χ0) is 76.6. The molecule has 0 atom stereocenters. The number of esters is 1. The summed E-state index contributed by atoms with van der Waals surface area (Å²) in [5, 5.41) is 45.5. The number of rotatable bonds is 15. The molecule has 10 rings (SSSR count). The zero-order valence-electron chi connectivity index (χ0n) is 55.7. The highest BCUT2D eigenvalue weighted by molar-refractivity contribution is 7.99. The summed E-state index contributed by atoms with van der Waals surface area (Å²) in [4.78, 5) is 158. The number of carbonyl (C=O) groups excluding carboxylic acids is 3. The molecule has 2 amide bonds. The van der Waals surface area contributed by atoms with Crippen LogP contribution in [0.25, 0.3) is 22.7 Å². The maximum absolute atomic E-state index is 13.1. The summed E-state index contributed by atoms with van der Waals surface area (Å²) < 4.78 is 74.4. The van der Waals surface area contributed by atoms with Crippen molar-refractivity contribution in [2.75, 3.05) is 23.9 Å². The molecule has 0 radical (unpaired) electrons. The third-order valence-corrected chi connectivity index (χ3v) is 14.5. The van der Waals surface area contributed by atoms with Crippen molar-refractivity contribution in [2.45, 2.75) is 77.3 Å². The molecule has 0 aliphatic carbocycles. The topological polar surface area (TPSA) is 393 Å². The number of carboxylic acids is 5. The van der Waals surface area contributed by atoms with Crippen LogP contribution in [0.5, 0.6) is 0 Å². The van der Waals surface area contributed by atoms with Crippen LogP contribution >= 0.6 is 11.8 Å². The molecule has 103 heavy (non-hydrogen) atoms. The van der Waals surface area contributed by atoms with E-state index in [-0.39, 0.29) is 52.5 Å². The molecule has 0 bridgehead atoms. The van der Waals surface area contributed by atoms with Crippen LogP contribution in [0.15, 0.2) is 176 Å². The summed E-state index contributed by atoms with van der Waals surface area (Å²) in [5.41, 5.74) is -4.34. The first-order valence-electron chi connectivity index (χ1n) is 29.9. The van der Waals surface area contributed by atoms with E-state index < -0.39 is 127 Å². The predicted molar refractivity (Wildman–Crippen MR) is 361 cm³/mol. The number of imide groups is 1. The van der Waals surface area contributed by atoms with Crippen LogP contribution in [0, 0.1) is 42.9 Å². The predicted octanol–water partition coefficient (Wildman–Crippen LogP) is 8.45. The van der Waals surface area contributed by atoms with Crippen LogP contribution in [0.1, 0.15) is 99.8 Å². The Balaban J connectivity index is 0.000000203. The molecule has 1 aliphatic heterocycles. The van der Waals surface area contributed by atoms with Gasteiger partial charge in [0.15, 0.2) is 5.16 Å². The fourth-order valence-corrected chi connectivity index (χ4v) is 9.92. The van der Waals surface area contributed by atoms with E-state index in [9.17, 15) is 79.5 Å². The average molecular weight is 1450 g/mol. The molecule has 4 aromatic heterocycles. The van der Waals surface area contributed by atoms with Gasteiger partial charge >= 0.3 is 35.8 Å². The Morgan fingerprint density at radius 3 is 1.29 bits per heavy atom. The average Bonchev–Trinajstić information content (AvgIpc) is 0.806. The standard InChI is InChI=1S/C17H17FN2O5.C14H13FN2O3S.C13H12FN3O3.C13H11FN2O3.C12H8FNO4/c1-17(2,3)25-14(21)8-13-19-9-12(16(23)24)15(22)20(13)11-6-4-10(18)5-7-11;1-8(2)21-14-16-7-11(13(19)20)12(18)17(14)10-5-3-9(15)4-6-10;1-16(2)13-15-7-10(12(19)20)11(18)17(13)9-5-3-8(14)4-6-9;1-7-11(13(18)19)12(17)16(8(2)15-7)10-5-3-9(14)4-6-10;13-7-1-3-8(4-2-7)14-10(15)6-5-9(11(14)16)12(17)18/h4-7,9H,8H2,1-3H3,(H,23,24);3-8H,1-2H3,(H,19,20);3-7H,1-2H3,(H,19,20);3-6H,1-2H3,(H,18,19);1-5H,6H2,(H,17,18). The van der Waals surface area contributed by atoms with E-state index in [1.54, 1.807) is 46.7 Å². The van der Waals surface area contributed by atoms with Crippen molar-refractivity contribution in [2.24, 2.45) is 0 Å². The van der Waals surface area contributed by atoms with E-state index >= 15 is 0 Å². The molecule has 34 heteroatoms. The van der Waals surface area contributed by atoms with Gasteiger partial charge in [0, 0.05) is 32.0 Å². The largest absolute Gasteiger partial charge is 0.478 e. The number of benzene rings is 5. The van der Waals surface area contributed by atoms with Crippen LogP contribution < -0.4 is 32.0 Å². The maximum Gasteiger partial charge on any atom is 0.343 e. The molecule has 5 heterocycles. The molecular weight excluding hydrogens is 1380 g/mol. The first-order valence-corrected chi connectivity index (χ1v) is 30.7. The Morgan fingerprint density at radius 2 is 0.893 bits per heavy atom. The van der Waals surface area contributed by atoms with Crippen molar-refractivity contribution >= 4 is 71.0 Å². The molecule has 0 saturated heterocycles. The number of thioether (sulfide) groups is 1. The number of aryl methyl sites for hydroxylation is 2. The highest BCUT2D eigenvalue weighted by atomic mass is 32.2. The van der Waals surface area contributed by atoms with E-state index in [2.05, 4.69) is 19.9 Å². The normalized spacial score (nSPS) is 11.6. The Hall–Kier alpha value is -12.9. The number of hydrogen-bond acceptors (Lipinski definition) is 19. The smallest absolute Gasteiger partial charge is 0.343 e. The quantitative estimate of drug-likeness (QED) is 0.0160. The third kappa shape index (κ3) is 20.4. The monoisotopic (exact) mass is 1440 g/mol. The summed E-state index contributed by atoms with van der Waals surface area (Å²) in [5.74, 6) is -10.7.